The Kier molecular flexibility index (Phi) is 5.01. The lowest BCUT2D eigenvalue weighted by Crippen LogP contribution is -2.31. The highest BCUT2D eigenvalue weighted by Gasteiger charge is 2.23. The van der Waals surface area contributed by atoms with Crippen molar-refractivity contribution in [2.45, 2.75) is 13.5 Å². The average molecular weight is 438 g/mol. The average Bonchev–Trinajstić information content (AvgIpc) is 3.09. The van der Waals surface area contributed by atoms with Gasteiger partial charge in [-0.2, -0.15) is 0 Å². The minimum atomic E-state index is -0.107. The normalized spacial score (nSPS) is 10.9. The highest BCUT2D eigenvalue weighted by atomic mass is 79.9. The van der Waals surface area contributed by atoms with Gasteiger partial charge < -0.3 is 0 Å². The van der Waals surface area contributed by atoms with Gasteiger partial charge in [-0.05, 0) is 64.8 Å². The maximum atomic E-state index is 13.3. The predicted octanol–water partition coefficient (Wildman–Crippen LogP) is 5.61. The second-order valence-electron chi connectivity index (χ2n) is 6.16. The van der Waals surface area contributed by atoms with E-state index >= 15 is 0 Å². The molecule has 2 aromatic heterocycles. The van der Waals surface area contributed by atoms with Crippen molar-refractivity contribution in [1.29, 1.82) is 0 Å². The molecule has 0 aliphatic heterocycles. The Labute approximate surface area is 169 Å². The lowest BCUT2D eigenvalue weighted by Gasteiger charge is -2.20. The third-order valence-corrected chi connectivity index (χ3v) is 5.89. The number of anilines is 1. The van der Waals surface area contributed by atoms with Gasteiger partial charge in [-0.15, -0.1) is 0 Å². The number of hydrogen-bond acceptors (Lipinski definition) is 4. The van der Waals surface area contributed by atoms with Gasteiger partial charge in [0, 0.05) is 10.7 Å². The van der Waals surface area contributed by atoms with Crippen LogP contribution in [0.3, 0.4) is 0 Å². The number of rotatable bonds is 4. The molecule has 0 saturated heterocycles. The van der Waals surface area contributed by atoms with Gasteiger partial charge in [0.05, 0.1) is 28.0 Å². The molecule has 0 aliphatic rings. The minimum absolute atomic E-state index is 0.107. The van der Waals surface area contributed by atoms with Gasteiger partial charge in [-0.25, -0.2) is 4.98 Å². The fourth-order valence-corrected chi connectivity index (χ4v) is 4.31. The standard InChI is InChI=1S/C21H16BrN3OS/c1-14-9-10-18-19(12-14)27-21(24-18)25(13-15-6-4-5-11-23-15)20(26)16-7-2-3-8-17(16)22/h2-12H,13H2,1H3. The smallest absolute Gasteiger partial charge is 0.261 e. The van der Waals surface area contributed by atoms with Gasteiger partial charge in [0.2, 0.25) is 0 Å². The molecule has 2 aromatic carbocycles. The number of thiazole rings is 1. The van der Waals surface area contributed by atoms with Gasteiger partial charge in [-0.1, -0.05) is 35.6 Å². The Morgan fingerprint density at radius 3 is 2.70 bits per heavy atom. The minimum Gasteiger partial charge on any atom is -0.278 e. The van der Waals surface area contributed by atoms with Crippen LogP contribution < -0.4 is 4.90 Å². The van der Waals surface area contributed by atoms with Crippen molar-refractivity contribution in [3.05, 3.63) is 88.2 Å². The number of carbonyl (C=O) groups excluding carboxylic acids is 1. The van der Waals surface area contributed by atoms with Crippen molar-refractivity contribution in [1.82, 2.24) is 9.97 Å². The molecule has 6 heteroatoms. The molecular formula is C21H16BrN3OS. The molecule has 0 spiro atoms. The molecule has 1 amide bonds. The highest BCUT2D eigenvalue weighted by Crippen LogP contribution is 2.32. The zero-order valence-corrected chi connectivity index (χ0v) is 17.0. The fourth-order valence-electron chi connectivity index (χ4n) is 2.80. The Balaban J connectivity index is 1.79. The number of carbonyl (C=O) groups is 1. The van der Waals surface area contributed by atoms with Crippen molar-refractivity contribution in [2.75, 3.05) is 4.90 Å². The topological polar surface area (TPSA) is 46.1 Å². The van der Waals surface area contributed by atoms with Crippen LogP contribution in [0.4, 0.5) is 5.13 Å². The molecule has 0 N–H and O–H groups in total. The van der Waals surface area contributed by atoms with Crippen molar-refractivity contribution in [2.24, 2.45) is 0 Å². The molecule has 27 heavy (non-hydrogen) atoms. The van der Waals surface area contributed by atoms with E-state index in [0.717, 1.165) is 20.4 Å². The summed E-state index contributed by atoms with van der Waals surface area (Å²) in [7, 11) is 0. The first kappa shape index (κ1) is 17.8. The van der Waals surface area contributed by atoms with Crippen LogP contribution in [0.1, 0.15) is 21.6 Å². The molecule has 0 atom stereocenters. The number of amides is 1. The molecule has 2 heterocycles. The van der Waals surface area contributed by atoms with Crippen LogP contribution in [0.15, 0.2) is 71.3 Å². The number of aryl methyl sites for hydroxylation is 1. The van der Waals surface area contributed by atoms with Crippen LogP contribution >= 0.6 is 27.3 Å². The summed E-state index contributed by atoms with van der Waals surface area (Å²) in [5.74, 6) is -0.107. The van der Waals surface area contributed by atoms with Crippen molar-refractivity contribution in [3.8, 4) is 0 Å². The van der Waals surface area contributed by atoms with Gasteiger partial charge in [0.1, 0.15) is 0 Å². The number of benzene rings is 2. The summed E-state index contributed by atoms with van der Waals surface area (Å²) >= 11 is 5.01. The van der Waals surface area contributed by atoms with Gasteiger partial charge in [0.15, 0.2) is 5.13 Å². The largest absolute Gasteiger partial charge is 0.278 e. The Morgan fingerprint density at radius 2 is 1.93 bits per heavy atom. The third kappa shape index (κ3) is 3.77. The summed E-state index contributed by atoms with van der Waals surface area (Å²) < 4.78 is 1.83. The second kappa shape index (κ2) is 7.58. The van der Waals surface area contributed by atoms with Gasteiger partial charge >= 0.3 is 0 Å². The SMILES string of the molecule is Cc1ccc2nc(N(Cc3ccccn3)C(=O)c3ccccc3Br)sc2c1. The van der Waals surface area contributed by atoms with E-state index in [0.29, 0.717) is 17.2 Å². The summed E-state index contributed by atoms with van der Waals surface area (Å²) in [5, 5.41) is 0.669. The molecule has 0 unspecified atom stereocenters. The first-order chi connectivity index (χ1) is 13.1. The van der Waals surface area contributed by atoms with Gasteiger partial charge in [-0.3, -0.25) is 14.7 Å². The summed E-state index contributed by atoms with van der Waals surface area (Å²) in [4.78, 5) is 24.1. The Morgan fingerprint density at radius 1 is 1.11 bits per heavy atom. The number of fused-ring (bicyclic) bond motifs is 1. The summed E-state index contributed by atoms with van der Waals surface area (Å²) in [6.07, 6.45) is 1.73. The van der Waals surface area contributed by atoms with E-state index in [-0.39, 0.29) is 5.91 Å². The molecule has 0 bridgehead atoms. The van der Waals surface area contributed by atoms with Crippen molar-refractivity contribution >= 4 is 48.5 Å². The Bertz CT molecular complexity index is 1110. The van der Waals surface area contributed by atoms with Crippen molar-refractivity contribution < 1.29 is 4.79 Å². The van der Waals surface area contributed by atoms with Crippen molar-refractivity contribution in [3.63, 3.8) is 0 Å². The summed E-state index contributed by atoms with van der Waals surface area (Å²) in [6, 6.07) is 19.3. The molecule has 0 aliphatic carbocycles. The van der Waals surface area contributed by atoms with E-state index in [2.05, 4.69) is 33.9 Å². The zero-order chi connectivity index (χ0) is 18.8. The molecule has 4 nitrogen and oxygen atoms in total. The maximum Gasteiger partial charge on any atom is 0.261 e. The van der Waals surface area contributed by atoms with Crippen LogP contribution in [0.25, 0.3) is 10.2 Å². The van der Waals surface area contributed by atoms with Crippen LogP contribution in [0, 0.1) is 6.92 Å². The fraction of sp³-hybridized carbons (Fsp3) is 0.0952. The molecule has 4 aromatic rings. The van der Waals surface area contributed by atoms with Crippen LogP contribution in [0.2, 0.25) is 0 Å². The highest BCUT2D eigenvalue weighted by molar-refractivity contribution is 9.10. The second-order valence-corrected chi connectivity index (χ2v) is 8.02. The number of aromatic nitrogens is 2. The number of hydrogen-bond donors (Lipinski definition) is 0. The molecular weight excluding hydrogens is 422 g/mol. The number of halogens is 1. The Hall–Kier alpha value is -2.57. The molecule has 0 saturated carbocycles. The monoisotopic (exact) mass is 437 g/mol. The zero-order valence-electron chi connectivity index (χ0n) is 14.6. The predicted molar refractivity (Wildman–Crippen MR) is 113 cm³/mol. The molecule has 4 rings (SSSR count). The maximum absolute atomic E-state index is 13.3. The van der Waals surface area contributed by atoms with E-state index in [1.807, 2.05) is 54.6 Å². The van der Waals surface area contributed by atoms with E-state index in [1.54, 1.807) is 11.1 Å². The third-order valence-electron chi connectivity index (χ3n) is 4.16. The molecule has 0 radical (unpaired) electrons. The van der Waals surface area contributed by atoms with Crippen LogP contribution in [0.5, 0.6) is 0 Å². The number of nitrogens with zero attached hydrogens (tertiary/aromatic N) is 3. The van der Waals surface area contributed by atoms with Gasteiger partial charge in [0.25, 0.3) is 5.91 Å². The van der Waals surface area contributed by atoms with E-state index in [9.17, 15) is 4.79 Å². The van der Waals surface area contributed by atoms with E-state index in [4.69, 9.17) is 4.98 Å². The first-order valence-corrected chi connectivity index (χ1v) is 10.1. The first-order valence-electron chi connectivity index (χ1n) is 8.45. The van der Waals surface area contributed by atoms with Crippen LogP contribution in [-0.2, 0) is 6.54 Å². The summed E-state index contributed by atoms with van der Waals surface area (Å²) in [6.45, 7) is 2.41. The molecule has 134 valence electrons. The number of pyridine rings is 1. The van der Waals surface area contributed by atoms with Crippen LogP contribution in [-0.4, -0.2) is 15.9 Å². The lowest BCUT2D eigenvalue weighted by atomic mass is 10.2. The quantitative estimate of drug-likeness (QED) is 0.416. The van der Waals surface area contributed by atoms with E-state index < -0.39 is 0 Å². The van der Waals surface area contributed by atoms with E-state index in [1.165, 1.54) is 16.9 Å². The summed E-state index contributed by atoms with van der Waals surface area (Å²) in [5.41, 5.74) is 3.48. The lowest BCUT2D eigenvalue weighted by molar-refractivity contribution is 0.0984. The molecule has 0 fully saturated rings.